The van der Waals surface area contributed by atoms with Gasteiger partial charge in [-0.1, -0.05) is 48.3 Å². The summed E-state index contributed by atoms with van der Waals surface area (Å²) in [5.74, 6) is 1.98. The summed E-state index contributed by atoms with van der Waals surface area (Å²) >= 11 is 3.43. The molecule has 1 aromatic carbocycles. The zero-order valence-electron chi connectivity index (χ0n) is 10.6. The van der Waals surface area contributed by atoms with Crippen molar-refractivity contribution in [3.05, 3.63) is 34.3 Å². The number of aliphatic hydroxyl groups excluding tert-OH is 1. The molecule has 2 heteroatoms. The number of benzene rings is 1. The van der Waals surface area contributed by atoms with Gasteiger partial charge in [-0.3, -0.25) is 0 Å². The van der Waals surface area contributed by atoms with E-state index in [9.17, 15) is 5.11 Å². The van der Waals surface area contributed by atoms with E-state index >= 15 is 0 Å². The van der Waals surface area contributed by atoms with Gasteiger partial charge in [-0.2, -0.15) is 0 Å². The standard InChI is InChI=1S/C15H21BrO/c1-10-3-4-13(9-11(10)2)15(17)12-5-7-14(16)8-6-12/h5-8,10-11,13,15,17H,3-4,9H2,1-2H3. The van der Waals surface area contributed by atoms with Crippen LogP contribution in [0.1, 0.15) is 44.8 Å². The lowest BCUT2D eigenvalue weighted by molar-refractivity contribution is 0.0561. The lowest BCUT2D eigenvalue weighted by Crippen LogP contribution is -2.25. The Morgan fingerprint density at radius 1 is 1.12 bits per heavy atom. The molecule has 1 nitrogen and oxygen atoms in total. The molecule has 2 rings (SSSR count). The molecular weight excluding hydrogens is 276 g/mol. The number of hydrogen-bond acceptors (Lipinski definition) is 1. The first-order valence-corrected chi connectivity index (χ1v) is 7.30. The molecule has 4 unspecified atom stereocenters. The summed E-state index contributed by atoms with van der Waals surface area (Å²) in [5, 5.41) is 10.4. The molecule has 0 saturated heterocycles. The second kappa shape index (κ2) is 5.53. The van der Waals surface area contributed by atoms with Crippen molar-refractivity contribution >= 4 is 15.9 Å². The zero-order valence-corrected chi connectivity index (χ0v) is 12.2. The maximum Gasteiger partial charge on any atom is 0.0818 e. The third-order valence-corrected chi connectivity index (χ3v) is 4.83. The van der Waals surface area contributed by atoms with Gasteiger partial charge in [-0.05, 0) is 48.3 Å². The van der Waals surface area contributed by atoms with E-state index in [1.807, 2.05) is 24.3 Å². The van der Waals surface area contributed by atoms with Crippen molar-refractivity contribution in [1.82, 2.24) is 0 Å². The van der Waals surface area contributed by atoms with Gasteiger partial charge in [0, 0.05) is 4.47 Å². The van der Waals surface area contributed by atoms with Crippen molar-refractivity contribution in [2.45, 2.75) is 39.2 Å². The smallest absolute Gasteiger partial charge is 0.0818 e. The van der Waals surface area contributed by atoms with Crippen molar-refractivity contribution in [3.8, 4) is 0 Å². The van der Waals surface area contributed by atoms with E-state index in [1.165, 1.54) is 6.42 Å². The third-order valence-electron chi connectivity index (χ3n) is 4.30. The number of hydrogen-bond donors (Lipinski definition) is 1. The number of rotatable bonds is 2. The number of aliphatic hydroxyl groups is 1. The van der Waals surface area contributed by atoms with E-state index in [0.717, 1.165) is 34.7 Å². The molecule has 1 aromatic rings. The highest BCUT2D eigenvalue weighted by molar-refractivity contribution is 9.10. The molecule has 0 aliphatic heterocycles. The summed E-state index contributed by atoms with van der Waals surface area (Å²) in [5.41, 5.74) is 1.06. The van der Waals surface area contributed by atoms with Gasteiger partial charge in [0.05, 0.1) is 6.10 Å². The predicted molar refractivity (Wildman–Crippen MR) is 74.8 cm³/mol. The largest absolute Gasteiger partial charge is 0.388 e. The van der Waals surface area contributed by atoms with Crippen LogP contribution in [0.2, 0.25) is 0 Å². The third kappa shape index (κ3) is 3.11. The van der Waals surface area contributed by atoms with Gasteiger partial charge < -0.3 is 5.11 Å². The molecule has 1 aliphatic rings. The van der Waals surface area contributed by atoms with Crippen LogP contribution in [0.5, 0.6) is 0 Å². The van der Waals surface area contributed by atoms with Crippen LogP contribution in [0.25, 0.3) is 0 Å². The Bertz CT molecular complexity index is 360. The van der Waals surface area contributed by atoms with E-state index in [2.05, 4.69) is 29.8 Å². The molecule has 17 heavy (non-hydrogen) atoms. The van der Waals surface area contributed by atoms with Gasteiger partial charge in [0.2, 0.25) is 0 Å². The molecule has 0 aromatic heterocycles. The van der Waals surface area contributed by atoms with E-state index in [0.29, 0.717) is 5.92 Å². The minimum Gasteiger partial charge on any atom is -0.388 e. The van der Waals surface area contributed by atoms with Gasteiger partial charge in [0.1, 0.15) is 0 Å². The summed E-state index contributed by atoms with van der Waals surface area (Å²) in [6.07, 6.45) is 3.26. The Morgan fingerprint density at radius 2 is 1.76 bits per heavy atom. The second-order valence-electron chi connectivity index (χ2n) is 5.52. The van der Waals surface area contributed by atoms with Gasteiger partial charge in [-0.15, -0.1) is 0 Å². The first-order chi connectivity index (χ1) is 8.08. The van der Waals surface area contributed by atoms with Crippen LogP contribution in [0.4, 0.5) is 0 Å². The monoisotopic (exact) mass is 296 g/mol. The van der Waals surface area contributed by atoms with Crippen LogP contribution in [0.15, 0.2) is 28.7 Å². The molecule has 0 heterocycles. The van der Waals surface area contributed by atoms with E-state index in [1.54, 1.807) is 0 Å². The maximum atomic E-state index is 10.4. The molecule has 1 aliphatic carbocycles. The normalized spacial score (nSPS) is 31.2. The first kappa shape index (κ1) is 13.1. The van der Waals surface area contributed by atoms with E-state index in [4.69, 9.17) is 0 Å². The summed E-state index contributed by atoms with van der Waals surface area (Å²) in [7, 11) is 0. The molecule has 4 atom stereocenters. The highest BCUT2D eigenvalue weighted by Gasteiger charge is 2.29. The van der Waals surface area contributed by atoms with Crippen LogP contribution in [0, 0.1) is 17.8 Å². The fourth-order valence-electron chi connectivity index (χ4n) is 2.81. The molecule has 0 spiro atoms. The van der Waals surface area contributed by atoms with Crippen molar-refractivity contribution in [3.63, 3.8) is 0 Å². The molecule has 1 saturated carbocycles. The lowest BCUT2D eigenvalue weighted by Gasteiger charge is -2.34. The van der Waals surface area contributed by atoms with Crippen molar-refractivity contribution in [2.75, 3.05) is 0 Å². The maximum absolute atomic E-state index is 10.4. The summed E-state index contributed by atoms with van der Waals surface area (Å²) in [6, 6.07) is 8.07. The minimum absolute atomic E-state index is 0.293. The second-order valence-corrected chi connectivity index (χ2v) is 6.44. The summed E-state index contributed by atoms with van der Waals surface area (Å²) < 4.78 is 1.07. The molecule has 0 radical (unpaired) electrons. The fraction of sp³-hybridized carbons (Fsp3) is 0.600. The predicted octanol–water partition coefficient (Wildman–Crippen LogP) is 4.55. The Labute approximate surface area is 112 Å². The summed E-state index contributed by atoms with van der Waals surface area (Å²) in [4.78, 5) is 0. The van der Waals surface area contributed by atoms with Crippen LogP contribution in [0.3, 0.4) is 0 Å². The summed E-state index contributed by atoms with van der Waals surface area (Å²) in [6.45, 7) is 4.64. The Hall–Kier alpha value is -0.340. The molecule has 1 N–H and O–H groups in total. The zero-order chi connectivity index (χ0) is 12.4. The van der Waals surface area contributed by atoms with Crippen LogP contribution in [-0.4, -0.2) is 5.11 Å². The SMILES string of the molecule is CC1CCC(C(O)c2ccc(Br)cc2)CC1C. The van der Waals surface area contributed by atoms with Crippen molar-refractivity contribution in [2.24, 2.45) is 17.8 Å². The van der Waals surface area contributed by atoms with Gasteiger partial charge in [0.25, 0.3) is 0 Å². The number of halogens is 1. The molecule has 94 valence electrons. The van der Waals surface area contributed by atoms with E-state index < -0.39 is 0 Å². The van der Waals surface area contributed by atoms with Gasteiger partial charge in [0.15, 0.2) is 0 Å². The van der Waals surface area contributed by atoms with Crippen molar-refractivity contribution in [1.29, 1.82) is 0 Å². The average molecular weight is 297 g/mol. The highest BCUT2D eigenvalue weighted by atomic mass is 79.9. The highest BCUT2D eigenvalue weighted by Crippen LogP contribution is 2.39. The fourth-order valence-corrected chi connectivity index (χ4v) is 3.07. The average Bonchev–Trinajstić information content (AvgIpc) is 2.33. The van der Waals surface area contributed by atoms with Gasteiger partial charge >= 0.3 is 0 Å². The topological polar surface area (TPSA) is 20.2 Å². The Kier molecular flexibility index (Phi) is 4.26. The Balaban J connectivity index is 2.05. The first-order valence-electron chi connectivity index (χ1n) is 6.51. The molecule has 1 fully saturated rings. The Morgan fingerprint density at radius 3 is 2.35 bits per heavy atom. The van der Waals surface area contributed by atoms with E-state index in [-0.39, 0.29) is 6.10 Å². The molecule has 0 amide bonds. The van der Waals surface area contributed by atoms with Crippen molar-refractivity contribution < 1.29 is 5.11 Å². The van der Waals surface area contributed by atoms with Crippen LogP contribution in [-0.2, 0) is 0 Å². The van der Waals surface area contributed by atoms with Crippen LogP contribution >= 0.6 is 15.9 Å². The molecular formula is C15H21BrO. The van der Waals surface area contributed by atoms with Crippen LogP contribution < -0.4 is 0 Å². The quantitative estimate of drug-likeness (QED) is 0.848. The lowest BCUT2D eigenvalue weighted by atomic mass is 9.73. The minimum atomic E-state index is -0.293. The molecule has 0 bridgehead atoms. The van der Waals surface area contributed by atoms with Gasteiger partial charge in [-0.25, -0.2) is 0 Å².